The Hall–Kier alpha value is -2.17. The van der Waals surface area contributed by atoms with Crippen LogP contribution in [0.4, 0.5) is 0 Å². The van der Waals surface area contributed by atoms with Gasteiger partial charge in [0, 0.05) is 19.6 Å². The highest BCUT2D eigenvalue weighted by Crippen LogP contribution is 2.24. The molecule has 1 unspecified atom stereocenters. The minimum Gasteiger partial charge on any atom is -0.478 e. The van der Waals surface area contributed by atoms with Gasteiger partial charge in [0.1, 0.15) is 0 Å². The Bertz CT molecular complexity index is 679. The van der Waals surface area contributed by atoms with E-state index in [0.717, 1.165) is 31.6 Å². The van der Waals surface area contributed by atoms with Crippen molar-refractivity contribution < 1.29 is 14.6 Å². The van der Waals surface area contributed by atoms with Crippen LogP contribution in [0.3, 0.4) is 0 Å². The minimum atomic E-state index is -0.886. The second kappa shape index (κ2) is 7.60. The lowest BCUT2D eigenvalue weighted by atomic mass is 10.0. The van der Waals surface area contributed by atoms with Crippen molar-refractivity contribution in [2.75, 3.05) is 19.7 Å². The number of nitrogens with zero attached hydrogens (tertiary/aromatic N) is 1. The first-order valence-electron chi connectivity index (χ1n) is 8.40. The van der Waals surface area contributed by atoms with Gasteiger partial charge in [-0.3, -0.25) is 4.90 Å². The lowest BCUT2D eigenvalue weighted by molar-refractivity contribution is -0.0329. The maximum Gasteiger partial charge on any atom is 0.335 e. The predicted octanol–water partition coefficient (Wildman–Crippen LogP) is 3.52. The maximum absolute atomic E-state index is 10.9. The van der Waals surface area contributed by atoms with Gasteiger partial charge in [0.15, 0.2) is 0 Å². The van der Waals surface area contributed by atoms with Crippen molar-refractivity contribution >= 4 is 5.97 Å². The Morgan fingerprint density at radius 1 is 1.12 bits per heavy atom. The summed E-state index contributed by atoms with van der Waals surface area (Å²) < 4.78 is 5.94. The number of rotatable bonds is 5. The zero-order chi connectivity index (χ0) is 16.9. The summed E-state index contributed by atoms with van der Waals surface area (Å²) in [5.74, 6) is -0.886. The fourth-order valence-electron chi connectivity index (χ4n) is 3.03. The van der Waals surface area contributed by atoms with E-state index >= 15 is 0 Å². The van der Waals surface area contributed by atoms with Crippen LogP contribution in [0.2, 0.25) is 0 Å². The van der Waals surface area contributed by atoms with Crippen LogP contribution in [-0.4, -0.2) is 35.7 Å². The van der Waals surface area contributed by atoms with Crippen molar-refractivity contribution in [3.05, 3.63) is 70.8 Å². The van der Waals surface area contributed by atoms with E-state index in [0.29, 0.717) is 12.2 Å². The molecule has 1 saturated heterocycles. The summed E-state index contributed by atoms with van der Waals surface area (Å²) in [5.41, 5.74) is 4.01. The molecule has 0 saturated carbocycles. The molecule has 1 fully saturated rings. The van der Waals surface area contributed by atoms with Crippen LogP contribution >= 0.6 is 0 Å². The van der Waals surface area contributed by atoms with Crippen molar-refractivity contribution in [1.29, 1.82) is 0 Å². The SMILES string of the molecule is CCc1ccc(C2CN(Cc3ccc(C(=O)O)cc3)CCO2)cc1. The van der Waals surface area contributed by atoms with Gasteiger partial charge in [0.2, 0.25) is 0 Å². The van der Waals surface area contributed by atoms with Crippen LogP contribution < -0.4 is 0 Å². The van der Waals surface area contributed by atoms with E-state index < -0.39 is 5.97 Å². The van der Waals surface area contributed by atoms with Gasteiger partial charge < -0.3 is 9.84 Å². The number of aromatic carboxylic acids is 1. The number of carboxylic acids is 1. The molecule has 3 rings (SSSR count). The molecule has 24 heavy (non-hydrogen) atoms. The maximum atomic E-state index is 10.9. The number of hydrogen-bond acceptors (Lipinski definition) is 3. The number of hydrogen-bond donors (Lipinski definition) is 1. The predicted molar refractivity (Wildman–Crippen MR) is 93.2 cm³/mol. The van der Waals surface area contributed by atoms with Crippen LogP contribution in [-0.2, 0) is 17.7 Å². The molecule has 2 aromatic rings. The standard InChI is InChI=1S/C20H23NO3/c1-2-15-3-7-17(8-4-15)19-14-21(11-12-24-19)13-16-5-9-18(10-6-16)20(22)23/h3-10,19H,2,11-14H2,1H3,(H,22,23). The molecule has 0 spiro atoms. The quantitative estimate of drug-likeness (QED) is 0.914. The second-order valence-corrected chi connectivity index (χ2v) is 6.19. The number of ether oxygens (including phenoxy) is 1. The summed E-state index contributed by atoms with van der Waals surface area (Å²) in [7, 11) is 0. The molecule has 1 aliphatic heterocycles. The summed E-state index contributed by atoms with van der Waals surface area (Å²) in [6.07, 6.45) is 1.15. The number of aryl methyl sites for hydroxylation is 1. The molecular weight excluding hydrogens is 302 g/mol. The van der Waals surface area contributed by atoms with Crippen molar-refractivity contribution in [2.24, 2.45) is 0 Å². The van der Waals surface area contributed by atoms with Gasteiger partial charge in [-0.05, 0) is 35.2 Å². The molecule has 126 valence electrons. The number of carboxylic acid groups (broad SMARTS) is 1. The van der Waals surface area contributed by atoms with E-state index in [1.807, 2.05) is 12.1 Å². The second-order valence-electron chi connectivity index (χ2n) is 6.19. The largest absolute Gasteiger partial charge is 0.478 e. The van der Waals surface area contributed by atoms with E-state index in [9.17, 15) is 4.79 Å². The highest BCUT2D eigenvalue weighted by molar-refractivity contribution is 5.87. The number of morpholine rings is 1. The lowest BCUT2D eigenvalue weighted by Gasteiger charge is -2.33. The molecule has 0 radical (unpaired) electrons. The monoisotopic (exact) mass is 325 g/mol. The van der Waals surface area contributed by atoms with Gasteiger partial charge in [-0.25, -0.2) is 4.79 Å². The van der Waals surface area contributed by atoms with Crippen LogP contribution in [0.1, 0.15) is 40.1 Å². The van der Waals surface area contributed by atoms with Crippen molar-refractivity contribution in [1.82, 2.24) is 4.90 Å². The summed E-state index contributed by atoms with van der Waals surface area (Å²) >= 11 is 0. The van der Waals surface area contributed by atoms with Crippen LogP contribution in [0.15, 0.2) is 48.5 Å². The number of benzene rings is 2. The zero-order valence-corrected chi connectivity index (χ0v) is 13.9. The average Bonchev–Trinajstić information content (AvgIpc) is 2.62. The first-order valence-corrected chi connectivity index (χ1v) is 8.40. The van der Waals surface area contributed by atoms with Crippen LogP contribution in [0, 0.1) is 0 Å². The van der Waals surface area contributed by atoms with Gasteiger partial charge >= 0.3 is 5.97 Å². The molecule has 2 aromatic carbocycles. The van der Waals surface area contributed by atoms with Crippen molar-refractivity contribution in [3.8, 4) is 0 Å². The highest BCUT2D eigenvalue weighted by atomic mass is 16.5. The molecule has 4 heteroatoms. The Morgan fingerprint density at radius 3 is 2.42 bits per heavy atom. The summed E-state index contributed by atoms with van der Waals surface area (Å²) in [6.45, 7) is 5.43. The molecule has 1 aliphatic rings. The molecule has 1 N–H and O–H groups in total. The molecule has 0 amide bonds. The third-order valence-corrected chi connectivity index (χ3v) is 4.52. The van der Waals surface area contributed by atoms with Crippen LogP contribution in [0.25, 0.3) is 0 Å². The van der Waals surface area contributed by atoms with Gasteiger partial charge in [-0.2, -0.15) is 0 Å². The lowest BCUT2D eigenvalue weighted by Crippen LogP contribution is -2.37. The Morgan fingerprint density at radius 2 is 1.79 bits per heavy atom. The van der Waals surface area contributed by atoms with Gasteiger partial charge in [-0.15, -0.1) is 0 Å². The summed E-state index contributed by atoms with van der Waals surface area (Å²) in [4.78, 5) is 13.3. The molecule has 1 heterocycles. The van der Waals surface area contributed by atoms with Gasteiger partial charge in [-0.1, -0.05) is 43.3 Å². The van der Waals surface area contributed by atoms with Crippen molar-refractivity contribution in [3.63, 3.8) is 0 Å². The Balaban J connectivity index is 1.63. The van der Waals surface area contributed by atoms with E-state index in [-0.39, 0.29) is 6.10 Å². The Kier molecular flexibility index (Phi) is 5.28. The molecule has 4 nitrogen and oxygen atoms in total. The van der Waals surface area contributed by atoms with E-state index in [4.69, 9.17) is 9.84 Å². The molecule has 0 bridgehead atoms. The summed E-state index contributed by atoms with van der Waals surface area (Å²) in [5, 5.41) is 8.97. The van der Waals surface area contributed by atoms with Crippen LogP contribution in [0.5, 0.6) is 0 Å². The normalized spacial score (nSPS) is 18.5. The van der Waals surface area contributed by atoms with Gasteiger partial charge in [0.05, 0.1) is 18.3 Å². The molecule has 0 aromatic heterocycles. The topological polar surface area (TPSA) is 49.8 Å². The smallest absolute Gasteiger partial charge is 0.335 e. The number of carbonyl (C=O) groups is 1. The first kappa shape index (κ1) is 16.7. The van der Waals surface area contributed by atoms with Crippen molar-refractivity contribution in [2.45, 2.75) is 26.0 Å². The minimum absolute atomic E-state index is 0.1000. The average molecular weight is 325 g/mol. The van der Waals surface area contributed by atoms with E-state index in [1.165, 1.54) is 11.1 Å². The fourth-order valence-corrected chi connectivity index (χ4v) is 3.03. The molecule has 0 aliphatic carbocycles. The zero-order valence-electron chi connectivity index (χ0n) is 13.9. The molecular formula is C20H23NO3. The third kappa shape index (κ3) is 4.02. The first-order chi connectivity index (χ1) is 11.7. The summed E-state index contributed by atoms with van der Waals surface area (Å²) in [6, 6.07) is 15.8. The fraction of sp³-hybridized carbons (Fsp3) is 0.350. The Labute approximate surface area is 142 Å². The molecule has 1 atom stereocenters. The third-order valence-electron chi connectivity index (χ3n) is 4.52. The highest BCUT2D eigenvalue weighted by Gasteiger charge is 2.22. The van der Waals surface area contributed by atoms with E-state index in [1.54, 1.807) is 12.1 Å². The van der Waals surface area contributed by atoms with E-state index in [2.05, 4.69) is 36.1 Å². The van der Waals surface area contributed by atoms with Gasteiger partial charge in [0.25, 0.3) is 0 Å².